The first-order valence-corrected chi connectivity index (χ1v) is 15.0. The summed E-state index contributed by atoms with van der Waals surface area (Å²) in [7, 11) is -1.31. The molecule has 0 aliphatic heterocycles. The van der Waals surface area contributed by atoms with Crippen LogP contribution in [0, 0.1) is 6.92 Å². The highest BCUT2D eigenvalue weighted by atomic mass is 32.2. The van der Waals surface area contributed by atoms with Crippen LogP contribution in [-0.2, 0) is 26.2 Å². The minimum atomic E-state index is -4.23. The lowest BCUT2D eigenvalue weighted by Gasteiger charge is -2.32. The molecule has 0 bridgehead atoms. The number of hydrogen-bond acceptors (Lipinski definition) is 6. The molecule has 41 heavy (non-hydrogen) atoms. The zero-order valence-corrected chi connectivity index (χ0v) is 25.1. The van der Waals surface area contributed by atoms with Gasteiger partial charge in [0.15, 0.2) is 0 Å². The molecule has 0 radical (unpaired) electrons. The van der Waals surface area contributed by atoms with Crippen molar-refractivity contribution < 1.29 is 27.5 Å². The standard InChI is InChI=1S/C31H39N3O6S/c1-6-7-19-32-31(36)24(3)33(21-25-12-10-11-23(2)20-25)30(35)22-34(28-13-8-9-14-29(28)40-5)41(37,38)27-17-15-26(39-4)16-18-27/h8-18,20,24H,6-7,19,21-22H2,1-5H3,(H,32,36)/t24-/m1/s1. The maximum absolute atomic E-state index is 14.0. The van der Waals surface area contributed by atoms with E-state index in [1.54, 1.807) is 43.3 Å². The van der Waals surface area contributed by atoms with E-state index in [4.69, 9.17) is 9.47 Å². The molecule has 3 aromatic carbocycles. The van der Waals surface area contributed by atoms with E-state index >= 15 is 0 Å². The number of para-hydroxylation sites is 2. The second-order valence-corrected chi connectivity index (χ2v) is 11.6. The van der Waals surface area contributed by atoms with E-state index < -0.39 is 28.5 Å². The smallest absolute Gasteiger partial charge is 0.264 e. The average molecular weight is 582 g/mol. The molecule has 0 saturated carbocycles. The molecule has 3 aromatic rings. The monoisotopic (exact) mass is 581 g/mol. The quantitative estimate of drug-likeness (QED) is 0.280. The van der Waals surface area contributed by atoms with Crippen LogP contribution in [0.5, 0.6) is 11.5 Å². The van der Waals surface area contributed by atoms with Gasteiger partial charge in [0, 0.05) is 13.1 Å². The van der Waals surface area contributed by atoms with Crippen LogP contribution in [-0.4, -0.2) is 58.5 Å². The summed E-state index contributed by atoms with van der Waals surface area (Å²) < 4.78 is 39.7. The van der Waals surface area contributed by atoms with E-state index in [1.165, 1.54) is 31.3 Å². The van der Waals surface area contributed by atoms with Crippen LogP contribution >= 0.6 is 0 Å². The van der Waals surface area contributed by atoms with E-state index in [0.29, 0.717) is 12.3 Å². The summed E-state index contributed by atoms with van der Waals surface area (Å²) in [6.07, 6.45) is 1.73. The molecular formula is C31H39N3O6S. The van der Waals surface area contributed by atoms with Gasteiger partial charge in [-0.15, -0.1) is 0 Å². The molecule has 0 aromatic heterocycles. The van der Waals surface area contributed by atoms with Gasteiger partial charge in [0.2, 0.25) is 11.8 Å². The molecule has 0 unspecified atom stereocenters. The number of unbranched alkanes of at least 4 members (excludes halogenated alkanes) is 1. The molecule has 0 spiro atoms. The number of benzene rings is 3. The number of sulfonamides is 1. The normalized spacial score (nSPS) is 11.8. The number of ether oxygens (including phenoxy) is 2. The van der Waals surface area contributed by atoms with Gasteiger partial charge in [0.25, 0.3) is 10.0 Å². The van der Waals surface area contributed by atoms with Gasteiger partial charge in [-0.3, -0.25) is 13.9 Å². The number of rotatable bonds is 14. The van der Waals surface area contributed by atoms with Crippen molar-refractivity contribution in [2.45, 2.75) is 51.1 Å². The van der Waals surface area contributed by atoms with Gasteiger partial charge in [-0.2, -0.15) is 0 Å². The Morgan fingerprint density at radius 2 is 1.66 bits per heavy atom. The fourth-order valence-corrected chi connectivity index (χ4v) is 5.77. The van der Waals surface area contributed by atoms with Gasteiger partial charge in [-0.25, -0.2) is 8.42 Å². The lowest BCUT2D eigenvalue weighted by atomic mass is 10.1. The van der Waals surface area contributed by atoms with Crippen molar-refractivity contribution in [2.24, 2.45) is 0 Å². The zero-order chi connectivity index (χ0) is 30.0. The Bertz CT molecular complexity index is 1430. The molecule has 0 saturated heterocycles. The molecule has 0 aliphatic rings. The van der Waals surface area contributed by atoms with Crippen LogP contribution in [0.15, 0.2) is 77.7 Å². The SMILES string of the molecule is CCCCNC(=O)[C@@H](C)N(Cc1cccc(C)c1)C(=O)CN(c1ccccc1OC)S(=O)(=O)c1ccc(OC)cc1. The fourth-order valence-electron chi connectivity index (χ4n) is 4.35. The maximum Gasteiger partial charge on any atom is 0.264 e. The van der Waals surface area contributed by atoms with E-state index in [9.17, 15) is 18.0 Å². The Morgan fingerprint density at radius 1 is 0.951 bits per heavy atom. The first-order chi connectivity index (χ1) is 19.6. The van der Waals surface area contributed by atoms with Crippen molar-refractivity contribution >= 4 is 27.5 Å². The van der Waals surface area contributed by atoms with Crippen molar-refractivity contribution in [1.29, 1.82) is 0 Å². The lowest BCUT2D eigenvalue weighted by molar-refractivity contribution is -0.139. The van der Waals surface area contributed by atoms with Gasteiger partial charge < -0.3 is 19.7 Å². The summed E-state index contributed by atoms with van der Waals surface area (Å²) in [5.74, 6) is -0.0574. The first kappa shape index (κ1) is 31.5. The second kappa shape index (κ2) is 14.5. The number of carbonyl (C=O) groups is 2. The van der Waals surface area contributed by atoms with Crippen molar-refractivity contribution in [1.82, 2.24) is 10.2 Å². The lowest BCUT2D eigenvalue weighted by Crippen LogP contribution is -2.51. The Morgan fingerprint density at radius 3 is 2.29 bits per heavy atom. The van der Waals surface area contributed by atoms with E-state index in [0.717, 1.165) is 28.3 Å². The fraction of sp³-hybridized carbons (Fsp3) is 0.355. The van der Waals surface area contributed by atoms with Gasteiger partial charge in [0.05, 0.1) is 24.8 Å². The molecule has 3 rings (SSSR count). The topological polar surface area (TPSA) is 105 Å². The number of hydrogen-bond donors (Lipinski definition) is 1. The van der Waals surface area contributed by atoms with Crippen LogP contribution in [0.2, 0.25) is 0 Å². The summed E-state index contributed by atoms with van der Waals surface area (Å²) in [4.78, 5) is 28.5. The van der Waals surface area contributed by atoms with Gasteiger partial charge in [0.1, 0.15) is 24.1 Å². The third kappa shape index (κ3) is 8.00. The number of aryl methyl sites for hydroxylation is 1. The number of methoxy groups -OCH3 is 2. The number of nitrogens with one attached hydrogen (secondary N) is 1. The number of amides is 2. The minimum absolute atomic E-state index is 0.0207. The molecule has 0 heterocycles. The van der Waals surface area contributed by atoms with Gasteiger partial charge in [-0.1, -0.05) is 55.3 Å². The first-order valence-electron chi connectivity index (χ1n) is 13.5. The van der Waals surface area contributed by atoms with E-state index in [-0.39, 0.29) is 28.8 Å². The van der Waals surface area contributed by atoms with Crippen LogP contribution in [0.4, 0.5) is 5.69 Å². The average Bonchev–Trinajstić information content (AvgIpc) is 2.98. The predicted octanol–water partition coefficient (Wildman–Crippen LogP) is 4.54. The van der Waals surface area contributed by atoms with Crippen molar-refractivity contribution in [3.63, 3.8) is 0 Å². The number of nitrogens with zero attached hydrogens (tertiary/aromatic N) is 2. The van der Waals surface area contributed by atoms with Crippen molar-refractivity contribution in [3.8, 4) is 11.5 Å². The maximum atomic E-state index is 14.0. The van der Waals surface area contributed by atoms with Crippen molar-refractivity contribution in [3.05, 3.63) is 83.9 Å². The highest BCUT2D eigenvalue weighted by molar-refractivity contribution is 7.92. The molecule has 0 fully saturated rings. The highest BCUT2D eigenvalue weighted by Gasteiger charge is 2.33. The Balaban J connectivity index is 2.04. The number of anilines is 1. The largest absolute Gasteiger partial charge is 0.497 e. The third-order valence-electron chi connectivity index (χ3n) is 6.71. The highest BCUT2D eigenvalue weighted by Crippen LogP contribution is 2.33. The Hall–Kier alpha value is -4.05. The second-order valence-electron chi connectivity index (χ2n) is 9.69. The molecule has 1 atom stereocenters. The molecule has 9 nitrogen and oxygen atoms in total. The molecule has 10 heteroatoms. The summed E-state index contributed by atoms with van der Waals surface area (Å²) in [6.45, 7) is 5.70. The Labute approximate surface area is 243 Å². The van der Waals surface area contributed by atoms with Crippen LogP contribution in [0.1, 0.15) is 37.8 Å². The third-order valence-corrected chi connectivity index (χ3v) is 8.49. The van der Waals surface area contributed by atoms with Gasteiger partial charge in [-0.05, 0) is 62.2 Å². The Kier molecular flexibility index (Phi) is 11.2. The zero-order valence-electron chi connectivity index (χ0n) is 24.3. The molecule has 0 aliphatic carbocycles. The molecule has 2 amide bonds. The summed E-state index contributed by atoms with van der Waals surface area (Å²) in [5.41, 5.74) is 2.04. The minimum Gasteiger partial charge on any atom is -0.497 e. The van der Waals surface area contributed by atoms with Gasteiger partial charge >= 0.3 is 0 Å². The summed E-state index contributed by atoms with van der Waals surface area (Å²) in [6, 6.07) is 19.3. The predicted molar refractivity (Wildman–Crippen MR) is 160 cm³/mol. The van der Waals surface area contributed by atoms with Crippen LogP contribution in [0.3, 0.4) is 0 Å². The summed E-state index contributed by atoms with van der Waals surface area (Å²) in [5, 5.41) is 2.89. The summed E-state index contributed by atoms with van der Waals surface area (Å²) >= 11 is 0. The van der Waals surface area contributed by atoms with Crippen molar-refractivity contribution in [2.75, 3.05) is 31.6 Å². The van der Waals surface area contributed by atoms with Crippen LogP contribution < -0.4 is 19.1 Å². The molecule has 1 N–H and O–H groups in total. The van der Waals surface area contributed by atoms with E-state index in [2.05, 4.69) is 5.32 Å². The van der Waals surface area contributed by atoms with Crippen LogP contribution in [0.25, 0.3) is 0 Å². The molecular weight excluding hydrogens is 542 g/mol. The molecule has 220 valence electrons. The number of carbonyl (C=O) groups excluding carboxylic acids is 2. The van der Waals surface area contributed by atoms with E-state index in [1.807, 2.05) is 38.1 Å².